The minimum atomic E-state index is -0.491. The molecule has 2 rings (SSSR count). The van der Waals surface area contributed by atoms with Crippen LogP contribution >= 0.6 is 11.3 Å². The normalized spacial score (nSPS) is 10.6. The van der Waals surface area contributed by atoms with Gasteiger partial charge < -0.3 is 15.8 Å². The first-order valence-corrected chi connectivity index (χ1v) is 8.13. The number of nitrogens with one attached hydrogen (secondary N) is 1. The molecule has 0 unspecified atom stereocenters. The van der Waals surface area contributed by atoms with E-state index in [1.54, 1.807) is 6.07 Å². The highest BCUT2D eigenvalue weighted by atomic mass is 32.1. The van der Waals surface area contributed by atoms with E-state index < -0.39 is 5.91 Å². The van der Waals surface area contributed by atoms with Gasteiger partial charge in [0.25, 0.3) is 5.91 Å². The number of aryl methyl sites for hydroxylation is 1. The number of primary amides is 1. The lowest BCUT2D eigenvalue weighted by Gasteiger charge is -2.14. The van der Waals surface area contributed by atoms with Crippen LogP contribution in [0.2, 0.25) is 0 Å². The van der Waals surface area contributed by atoms with Crippen LogP contribution in [0.25, 0.3) is 0 Å². The van der Waals surface area contributed by atoms with Crippen molar-refractivity contribution in [1.82, 2.24) is 0 Å². The summed E-state index contributed by atoms with van der Waals surface area (Å²) in [6.07, 6.45) is 0.237. The Morgan fingerprint density at radius 1 is 1.30 bits per heavy atom. The summed E-state index contributed by atoms with van der Waals surface area (Å²) < 4.78 is 5.72. The van der Waals surface area contributed by atoms with Crippen LogP contribution in [0, 0.1) is 6.92 Å². The number of hydrogen-bond acceptors (Lipinski definition) is 4. The molecule has 0 spiro atoms. The van der Waals surface area contributed by atoms with E-state index in [2.05, 4.69) is 5.32 Å². The lowest BCUT2D eigenvalue weighted by Crippen LogP contribution is -2.16. The zero-order valence-electron chi connectivity index (χ0n) is 13.4. The number of thiophene rings is 1. The third-order valence-corrected chi connectivity index (χ3v) is 4.19. The molecule has 2 amide bonds. The number of amides is 2. The highest BCUT2D eigenvalue weighted by Gasteiger charge is 2.14. The van der Waals surface area contributed by atoms with E-state index in [0.717, 1.165) is 10.4 Å². The van der Waals surface area contributed by atoms with Crippen LogP contribution in [0.5, 0.6) is 5.75 Å². The van der Waals surface area contributed by atoms with E-state index in [-0.39, 0.29) is 18.4 Å². The SMILES string of the molecule is Cc1sc(C(N)=O)cc1NC(=O)Cc1ccccc1OC(C)C. The number of carbonyl (C=O) groups excluding carboxylic acids is 2. The zero-order chi connectivity index (χ0) is 17.0. The topological polar surface area (TPSA) is 81.4 Å². The second-order valence-corrected chi connectivity index (χ2v) is 6.70. The summed E-state index contributed by atoms with van der Waals surface area (Å²) in [6, 6.07) is 9.07. The predicted octanol–water partition coefficient (Wildman–Crippen LogP) is 3.12. The molecule has 0 aliphatic rings. The van der Waals surface area contributed by atoms with Gasteiger partial charge in [-0.1, -0.05) is 18.2 Å². The standard InChI is InChI=1S/C17H20N2O3S/c1-10(2)22-14-7-5-4-6-12(14)8-16(20)19-13-9-15(17(18)21)23-11(13)3/h4-7,9-10H,8H2,1-3H3,(H2,18,21)(H,19,20). The molecule has 0 aliphatic heterocycles. The number of rotatable bonds is 6. The Balaban J connectivity index is 2.10. The molecular formula is C17H20N2O3S. The molecule has 6 heteroatoms. The summed E-state index contributed by atoms with van der Waals surface area (Å²) in [5.74, 6) is 0.0496. The Morgan fingerprint density at radius 2 is 2.00 bits per heavy atom. The van der Waals surface area contributed by atoms with Gasteiger partial charge in [0.2, 0.25) is 5.91 Å². The molecule has 0 radical (unpaired) electrons. The number of benzene rings is 1. The third-order valence-electron chi connectivity index (χ3n) is 3.12. The maximum atomic E-state index is 12.3. The van der Waals surface area contributed by atoms with Crippen molar-refractivity contribution in [3.63, 3.8) is 0 Å². The molecule has 122 valence electrons. The lowest BCUT2D eigenvalue weighted by atomic mass is 10.1. The molecule has 0 saturated carbocycles. The molecule has 1 aromatic carbocycles. The predicted molar refractivity (Wildman–Crippen MR) is 92.1 cm³/mol. The summed E-state index contributed by atoms with van der Waals surface area (Å²) in [7, 11) is 0. The molecular weight excluding hydrogens is 312 g/mol. The molecule has 1 heterocycles. The molecule has 0 atom stereocenters. The highest BCUT2D eigenvalue weighted by molar-refractivity contribution is 7.14. The molecule has 0 bridgehead atoms. The molecule has 0 saturated heterocycles. The summed E-state index contributed by atoms with van der Waals surface area (Å²) in [5, 5.41) is 2.82. The number of carbonyl (C=O) groups is 2. The van der Waals surface area contributed by atoms with Crippen molar-refractivity contribution in [2.45, 2.75) is 33.3 Å². The van der Waals surface area contributed by atoms with Crippen molar-refractivity contribution in [1.29, 1.82) is 0 Å². The van der Waals surface area contributed by atoms with Gasteiger partial charge in [-0.05, 0) is 32.9 Å². The summed E-state index contributed by atoms with van der Waals surface area (Å²) in [6.45, 7) is 5.72. The zero-order valence-corrected chi connectivity index (χ0v) is 14.2. The van der Waals surface area contributed by atoms with Crippen LogP contribution in [0.1, 0.15) is 34.0 Å². The van der Waals surface area contributed by atoms with E-state index in [0.29, 0.717) is 16.3 Å². The maximum Gasteiger partial charge on any atom is 0.258 e. The van der Waals surface area contributed by atoms with Gasteiger partial charge in [0.05, 0.1) is 23.1 Å². The molecule has 5 nitrogen and oxygen atoms in total. The van der Waals surface area contributed by atoms with Gasteiger partial charge in [0, 0.05) is 10.4 Å². The summed E-state index contributed by atoms with van der Waals surface area (Å²) in [5.41, 5.74) is 6.70. The van der Waals surface area contributed by atoms with E-state index in [9.17, 15) is 9.59 Å². The Hall–Kier alpha value is -2.34. The van der Waals surface area contributed by atoms with E-state index in [1.807, 2.05) is 45.0 Å². The highest BCUT2D eigenvalue weighted by Crippen LogP contribution is 2.26. The molecule has 0 aliphatic carbocycles. The number of para-hydroxylation sites is 1. The van der Waals surface area contributed by atoms with Gasteiger partial charge in [-0.3, -0.25) is 9.59 Å². The molecule has 3 N–H and O–H groups in total. The lowest BCUT2D eigenvalue weighted by molar-refractivity contribution is -0.115. The third kappa shape index (κ3) is 4.56. The van der Waals surface area contributed by atoms with Crippen molar-refractivity contribution in [2.24, 2.45) is 5.73 Å². The maximum absolute atomic E-state index is 12.3. The van der Waals surface area contributed by atoms with Gasteiger partial charge in [-0.15, -0.1) is 11.3 Å². The van der Waals surface area contributed by atoms with Gasteiger partial charge in [-0.2, -0.15) is 0 Å². The second-order valence-electron chi connectivity index (χ2n) is 5.44. The van der Waals surface area contributed by atoms with Crippen molar-refractivity contribution < 1.29 is 14.3 Å². The fourth-order valence-corrected chi connectivity index (χ4v) is 2.94. The van der Waals surface area contributed by atoms with Crippen molar-refractivity contribution in [3.05, 3.63) is 45.6 Å². The summed E-state index contributed by atoms with van der Waals surface area (Å²) >= 11 is 1.27. The largest absolute Gasteiger partial charge is 0.491 e. The average molecular weight is 332 g/mol. The fourth-order valence-electron chi connectivity index (χ4n) is 2.11. The smallest absolute Gasteiger partial charge is 0.258 e. The van der Waals surface area contributed by atoms with Crippen molar-refractivity contribution in [3.8, 4) is 5.75 Å². The van der Waals surface area contributed by atoms with Gasteiger partial charge in [-0.25, -0.2) is 0 Å². The monoisotopic (exact) mass is 332 g/mol. The van der Waals surface area contributed by atoms with Gasteiger partial charge in [0.15, 0.2) is 0 Å². The molecule has 1 aromatic heterocycles. The Kier molecular flexibility index (Phi) is 5.39. The Labute approximate surface area is 139 Å². The first-order chi connectivity index (χ1) is 10.9. The van der Waals surface area contributed by atoms with Crippen molar-refractivity contribution >= 4 is 28.8 Å². The number of nitrogens with two attached hydrogens (primary N) is 1. The number of ether oxygens (including phenoxy) is 1. The molecule has 2 aromatic rings. The van der Waals surface area contributed by atoms with E-state index in [1.165, 1.54) is 11.3 Å². The number of hydrogen-bond donors (Lipinski definition) is 2. The number of anilines is 1. The Bertz CT molecular complexity index is 722. The van der Waals surface area contributed by atoms with Crippen LogP contribution in [-0.2, 0) is 11.2 Å². The van der Waals surface area contributed by atoms with Crippen LogP contribution in [-0.4, -0.2) is 17.9 Å². The van der Waals surface area contributed by atoms with Crippen LogP contribution in [0.15, 0.2) is 30.3 Å². The van der Waals surface area contributed by atoms with E-state index >= 15 is 0 Å². The van der Waals surface area contributed by atoms with Crippen LogP contribution in [0.3, 0.4) is 0 Å². The van der Waals surface area contributed by atoms with Gasteiger partial charge in [0.1, 0.15) is 5.75 Å². The summed E-state index contributed by atoms with van der Waals surface area (Å²) in [4.78, 5) is 24.7. The van der Waals surface area contributed by atoms with Crippen LogP contribution in [0.4, 0.5) is 5.69 Å². The first kappa shape index (κ1) is 17.0. The minimum Gasteiger partial charge on any atom is -0.491 e. The van der Waals surface area contributed by atoms with Gasteiger partial charge >= 0.3 is 0 Å². The van der Waals surface area contributed by atoms with Crippen LogP contribution < -0.4 is 15.8 Å². The van der Waals surface area contributed by atoms with Crippen molar-refractivity contribution in [2.75, 3.05) is 5.32 Å². The molecule has 0 fully saturated rings. The van der Waals surface area contributed by atoms with E-state index in [4.69, 9.17) is 10.5 Å². The second kappa shape index (κ2) is 7.28. The molecule has 23 heavy (non-hydrogen) atoms. The quantitative estimate of drug-likeness (QED) is 0.853. The Morgan fingerprint density at radius 3 is 2.61 bits per heavy atom. The average Bonchev–Trinajstić information content (AvgIpc) is 2.82. The minimum absolute atomic E-state index is 0.0384. The fraction of sp³-hybridized carbons (Fsp3) is 0.294. The first-order valence-electron chi connectivity index (χ1n) is 7.31.